The molecule has 0 aliphatic rings. The third kappa shape index (κ3) is 4.01. The minimum atomic E-state index is -0.929. The van der Waals surface area contributed by atoms with Crippen molar-refractivity contribution >= 4 is 34.0 Å². The molecule has 1 aromatic carbocycles. The number of benzene rings is 1. The summed E-state index contributed by atoms with van der Waals surface area (Å²) in [5.74, 6) is 0.967. The lowest BCUT2D eigenvalue weighted by atomic mass is 10.2. The Morgan fingerprint density at radius 2 is 2.16 bits per heavy atom. The molecule has 1 N–H and O–H groups in total. The van der Waals surface area contributed by atoms with Gasteiger partial charge in [0.15, 0.2) is 0 Å². The smallest absolute Gasteiger partial charge is 0.227 e. The number of aryl methyl sites for hydroxylation is 1. The van der Waals surface area contributed by atoms with Crippen LogP contribution in [0.5, 0.6) is 0 Å². The van der Waals surface area contributed by atoms with Gasteiger partial charge in [0.05, 0.1) is 0 Å². The van der Waals surface area contributed by atoms with Gasteiger partial charge in [-0.1, -0.05) is 11.6 Å². The molecule has 0 bridgehead atoms. The first-order valence-corrected chi connectivity index (χ1v) is 7.80. The Balaban J connectivity index is 2.23. The highest BCUT2D eigenvalue weighted by Gasteiger charge is 2.05. The van der Waals surface area contributed by atoms with Crippen LogP contribution in [0.25, 0.3) is 0 Å². The van der Waals surface area contributed by atoms with Crippen molar-refractivity contribution in [2.45, 2.75) is 12.7 Å². The molecular weight excluding hydrogens is 282 g/mol. The van der Waals surface area contributed by atoms with Gasteiger partial charge in [-0.15, -0.1) is 0 Å². The molecule has 1 heterocycles. The maximum atomic E-state index is 11.3. The number of rotatable bonds is 4. The highest BCUT2D eigenvalue weighted by molar-refractivity contribution is 7.83. The van der Waals surface area contributed by atoms with Crippen LogP contribution in [0.4, 0.5) is 11.6 Å². The summed E-state index contributed by atoms with van der Waals surface area (Å²) in [5, 5.41) is 3.72. The van der Waals surface area contributed by atoms with E-state index in [1.807, 2.05) is 25.1 Å². The predicted octanol–water partition coefficient (Wildman–Crippen LogP) is 3.06. The second kappa shape index (κ2) is 6.12. The molecule has 0 saturated heterocycles. The van der Waals surface area contributed by atoms with E-state index < -0.39 is 10.8 Å². The van der Waals surface area contributed by atoms with Crippen molar-refractivity contribution in [2.24, 2.45) is 0 Å². The Morgan fingerprint density at radius 1 is 1.37 bits per heavy atom. The van der Waals surface area contributed by atoms with Gasteiger partial charge in [-0.2, -0.15) is 0 Å². The summed E-state index contributed by atoms with van der Waals surface area (Å²) in [7, 11) is -0.929. The van der Waals surface area contributed by atoms with E-state index in [1.54, 1.807) is 18.5 Å². The maximum absolute atomic E-state index is 11.3. The summed E-state index contributed by atoms with van der Waals surface area (Å²) in [6.07, 6.45) is 3.35. The second-order valence-corrected chi connectivity index (χ2v) is 6.01. The summed E-state index contributed by atoms with van der Waals surface area (Å²) in [6.45, 7) is 1.90. The molecule has 1 unspecified atom stereocenters. The zero-order valence-corrected chi connectivity index (χ0v) is 12.3. The van der Waals surface area contributed by atoms with Crippen molar-refractivity contribution in [3.63, 3.8) is 0 Å². The number of halogens is 1. The standard InChI is InChI=1S/C13H14ClN3OS/c1-9-5-6-15-13(16-9)17-11-3-4-12(14)10(7-11)8-19(2)18/h3-7H,8H2,1-2H3,(H,15,16,17). The molecule has 1 atom stereocenters. The van der Waals surface area contributed by atoms with Crippen molar-refractivity contribution in [3.05, 3.63) is 46.7 Å². The van der Waals surface area contributed by atoms with Crippen molar-refractivity contribution in [1.29, 1.82) is 0 Å². The van der Waals surface area contributed by atoms with Gasteiger partial charge in [0.1, 0.15) is 0 Å². The Kier molecular flexibility index (Phi) is 4.50. The Bertz CT molecular complexity index is 619. The van der Waals surface area contributed by atoms with Crippen molar-refractivity contribution in [3.8, 4) is 0 Å². The largest absolute Gasteiger partial charge is 0.324 e. The summed E-state index contributed by atoms with van der Waals surface area (Å²) in [5.41, 5.74) is 2.57. The van der Waals surface area contributed by atoms with Crippen LogP contribution in [0.1, 0.15) is 11.3 Å². The number of nitrogens with zero attached hydrogens (tertiary/aromatic N) is 2. The zero-order chi connectivity index (χ0) is 13.8. The second-order valence-electron chi connectivity index (χ2n) is 4.17. The van der Waals surface area contributed by atoms with Crippen molar-refractivity contribution in [1.82, 2.24) is 9.97 Å². The first kappa shape index (κ1) is 14.0. The van der Waals surface area contributed by atoms with E-state index in [9.17, 15) is 4.21 Å². The molecule has 0 radical (unpaired) electrons. The molecule has 19 heavy (non-hydrogen) atoms. The Labute approximate surface area is 119 Å². The van der Waals surface area contributed by atoms with Crippen molar-refractivity contribution in [2.75, 3.05) is 11.6 Å². The van der Waals surface area contributed by atoms with Crippen LogP contribution in [-0.4, -0.2) is 20.4 Å². The fourth-order valence-corrected chi connectivity index (χ4v) is 2.56. The Morgan fingerprint density at radius 3 is 2.84 bits per heavy atom. The average Bonchev–Trinajstić information content (AvgIpc) is 2.33. The molecule has 1 aromatic heterocycles. The minimum absolute atomic E-state index is 0.434. The summed E-state index contributed by atoms with van der Waals surface area (Å²) >= 11 is 6.08. The fourth-order valence-electron chi connectivity index (χ4n) is 1.62. The van der Waals surface area contributed by atoms with E-state index >= 15 is 0 Å². The van der Waals surface area contributed by atoms with Crippen LogP contribution in [0.3, 0.4) is 0 Å². The molecule has 0 aliphatic heterocycles. The lowest BCUT2D eigenvalue weighted by Crippen LogP contribution is -1.99. The van der Waals surface area contributed by atoms with Gasteiger partial charge in [0.25, 0.3) is 0 Å². The summed E-state index contributed by atoms with van der Waals surface area (Å²) < 4.78 is 11.3. The van der Waals surface area contributed by atoms with Gasteiger partial charge >= 0.3 is 0 Å². The lowest BCUT2D eigenvalue weighted by Gasteiger charge is -2.08. The minimum Gasteiger partial charge on any atom is -0.324 e. The number of hydrogen-bond donors (Lipinski definition) is 1. The molecule has 100 valence electrons. The van der Waals surface area contributed by atoms with Gasteiger partial charge in [-0.25, -0.2) is 9.97 Å². The third-order valence-electron chi connectivity index (χ3n) is 2.46. The number of hydrogen-bond acceptors (Lipinski definition) is 4. The van der Waals surface area contributed by atoms with Crippen LogP contribution < -0.4 is 5.32 Å². The van der Waals surface area contributed by atoms with Gasteiger partial charge in [-0.3, -0.25) is 4.21 Å². The molecule has 0 aliphatic carbocycles. The van der Waals surface area contributed by atoms with Gasteiger partial charge in [0.2, 0.25) is 5.95 Å². The summed E-state index contributed by atoms with van der Waals surface area (Å²) in [6, 6.07) is 7.33. The molecule has 2 rings (SSSR count). The van der Waals surface area contributed by atoms with Crippen LogP contribution >= 0.6 is 11.6 Å². The van der Waals surface area contributed by atoms with E-state index in [-0.39, 0.29) is 0 Å². The molecular formula is C13H14ClN3OS. The molecule has 2 aromatic rings. The normalized spacial score (nSPS) is 12.2. The van der Waals surface area contributed by atoms with E-state index in [1.165, 1.54) is 0 Å². The zero-order valence-electron chi connectivity index (χ0n) is 10.7. The third-order valence-corrected chi connectivity index (χ3v) is 3.54. The highest BCUT2D eigenvalue weighted by atomic mass is 35.5. The van der Waals surface area contributed by atoms with E-state index in [0.29, 0.717) is 16.7 Å². The van der Waals surface area contributed by atoms with Crippen LogP contribution in [-0.2, 0) is 16.6 Å². The first-order chi connectivity index (χ1) is 9.04. The number of anilines is 2. The Hall–Kier alpha value is -1.46. The van der Waals surface area contributed by atoms with Crippen LogP contribution in [0.2, 0.25) is 5.02 Å². The topological polar surface area (TPSA) is 54.9 Å². The van der Waals surface area contributed by atoms with Crippen molar-refractivity contribution < 1.29 is 4.21 Å². The number of aromatic nitrogens is 2. The fraction of sp³-hybridized carbons (Fsp3) is 0.231. The van der Waals surface area contributed by atoms with Gasteiger partial charge < -0.3 is 5.32 Å². The molecule has 0 spiro atoms. The van der Waals surface area contributed by atoms with E-state index in [0.717, 1.165) is 16.9 Å². The maximum Gasteiger partial charge on any atom is 0.227 e. The molecule has 4 nitrogen and oxygen atoms in total. The molecule has 6 heteroatoms. The summed E-state index contributed by atoms with van der Waals surface area (Å²) in [4.78, 5) is 8.40. The quantitative estimate of drug-likeness (QED) is 0.942. The monoisotopic (exact) mass is 295 g/mol. The SMILES string of the molecule is Cc1ccnc(Nc2ccc(Cl)c(CS(C)=O)c2)n1. The number of nitrogens with one attached hydrogen (secondary N) is 1. The molecule has 0 saturated carbocycles. The molecule has 0 amide bonds. The van der Waals surface area contributed by atoms with E-state index in [4.69, 9.17) is 11.6 Å². The van der Waals surface area contributed by atoms with Crippen LogP contribution in [0.15, 0.2) is 30.5 Å². The van der Waals surface area contributed by atoms with E-state index in [2.05, 4.69) is 15.3 Å². The average molecular weight is 296 g/mol. The predicted molar refractivity (Wildman–Crippen MR) is 79.3 cm³/mol. The first-order valence-electron chi connectivity index (χ1n) is 5.70. The molecule has 0 fully saturated rings. The van der Waals surface area contributed by atoms with Gasteiger partial charge in [0, 0.05) is 45.4 Å². The highest BCUT2D eigenvalue weighted by Crippen LogP contribution is 2.23. The van der Waals surface area contributed by atoms with Crippen LogP contribution in [0, 0.1) is 6.92 Å². The van der Waals surface area contributed by atoms with Gasteiger partial charge in [-0.05, 0) is 36.8 Å². The lowest BCUT2D eigenvalue weighted by molar-refractivity contribution is 0.686.